The highest BCUT2D eigenvalue weighted by Gasteiger charge is 2.19. The molecule has 0 saturated heterocycles. The van der Waals surface area contributed by atoms with Crippen LogP contribution in [-0.4, -0.2) is 9.55 Å². The van der Waals surface area contributed by atoms with Crippen molar-refractivity contribution < 1.29 is 0 Å². The third-order valence-electron chi connectivity index (χ3n) is 4.27. The second-order valence-corrected chi connectivity index (χ2v) is 5.44. The molecule has 20 heavy (non-hydrogen) atoms. The first-order valence-corrected chi connectivity index (χ1v) is 7.01. The van der Waals surface area contributed by atoms with Gasteiger partial charge in [0.25, 0.3) is 0 Å². The summed E-state index contributed by atoms with van der Waals surface area (Å²) in [5, 5.41) is 0. The van der Waals surface area contributed by atoms with E-state index < -0.39 is 0 Å². The van der Waals surface area contributed by atoms with Gasteiger partial charge < -0.3 is 4.57 Å². The zero-order chi connectivity index (χ0) is 13.5. The first-order valence-electron chi connectivity index (χ1n) is 7.01. The fourth-order valence-electron chi connectivity index (χ4n) is 3.10. The minimum atomic E-state index is 0.325. The number of benzene rings is 2. The number of rotatable bonds is 2. The highest BCUT2D eigenvalue weighted by molar-refractivity contribution is 5.76. The normalized spacial score (nSPS) is 13.8. The van der Waals surface area contributed by atoms with Gasteiger partial charge in [-0.05, 0) is 41.2 Å². The number of nitrogens with zero attached hydrogens (tertiary/aromatic N) is 2. The van der Waals surface area contributed by atoms with E-state index in [-0.39, 0.29) is 0 Å². The zero-order valence-corrected chi connectivity index (χ0v) is 11.5. The van der Waals surface area contributed by atoms with Gasteiger partial charge in [0.05, 0.1) is 12.4 Å². The molecule has 0 fully saturated rings. The summed E-state index contributed by atoms with van der Waals surface area (Å²) in [6, 6.07) is 15.9. The number of aromatic nitrogens is 2. The molecule has 2 nitrogen and oxygen atoms in total. The fraction of sp³-hybridized carbons (Fsp3) is 0.167. The van der Waals surface area contributed by atoms with E-state index in [2.05, 4.69) is 58.9 Å². The van der Waals surface area contributed by atoms with Crippen LogP contribution in [0, 0.1) is 0 Å². The number of hydrogen-bond acceptors (Lipinski definition) is 1. The minimum absolute atomic E-state index is 0.325. The third-order valence-corrected chi connectivity index (χ3v) is 4.27. The molecule has 0 N–H and O–H groups in total. The Kier molecular flexibility index (Phi) is 2.49. The fourth-order valence-corrected chi connectivity index (χ4v) is 3.10. The van der Waals surface area contributed by atoms with Gasteiger partial charge in [0.1, 0.15) is 0 Å². The molecule has 1 aliphatic rings. The van der Waals surface area contributed by atoms with Gasteiger partial charge in [0, 0.05) is 12.4 Å². The maximum atomic E-state index is 4.14. The van der Waals surface area contributed by atoms with Crippen molar-refractivity contribution in [2.75, 3.05) is 0 Å². The lowest BCUT2D eigenvalue weighted by molar-refractivity contribution is 0.638. The third kappa shape index (κ3) is 1.68. The molecule has 2 heteroatoms. The van der Waals surface area contributed by atoms with Crippen LogP contribution < -0.4 is 0 Å². The molecule has 4 rings (SSSR count). The van der Waals surface area contributed by atoms with Crippen LogP contribution in [0.15, 0.2) is 61.2 Å². The lowest BCUT2D eigenvalue weighted by atomic mass is 10.0. The van der Waals surface area contributed by atoms with Crippen LogP contribution in [0.5, 0.6) is 0 Å². The first-order chi connectivity index (χ1) is 9.83. The molecule has 0 saturated carbocycles. The molecule has 1 unspecified atom stereocenters. The molecule has 0 amide bonds. The summed E-state index contributed by atoms with van der Waals surface area (Å²) in [7, 11) is 0. The Hall–Kier alpha value is -2.35. The van der Waals surface area contributed by atoms with Gasteiger partial charge in [-0.25, -0.2) is 4.98 Å². The van der Waals surface area contributed by atoms with Crippen molar-refractivity contribution >= 4 is 0 Å². The van der Waals surface area contributed by atoms with E-state index in [4.69, 9.17) is 0 Å². The summed E-state index contributed by atoms with van der Waals surface area (Å²) in [6.45, 7) is 2.21. The second kappa shape index (κ2) is 4.34. The van der Waals surface area contributed by atoms with Crippen LogP contribution in [0.4, 0.5) is 0 Å². The summed E-state index contributed by atoms with van der Waals surface area (Å²) in [5.74, 6) is 0. The smallest absolute Gasteiger partial charge is 0.0951 e. The lowest BCUT2D eigenvalue weighted by Gasteiger charge is -2.14. The van der Waals surface area contributed by atoms with Crippen molar-refractivity contribution in [3.63, 3.8) is 0 Å². The highest BCUT2D eigenvalue weighted by atomic mass is 15.0. The summed E-state index contributed by atoms with van der Waals surface area (Å²) in [4.78, 5) is 4.14. The highest BCUT2D eigenvalue weighted by Crippen LogP contribution is 2.37. The Morgan fingerprint density at radius 3 is 2.75 bits per heavy atom. The molecule has 1 aromatic heterocycles. The van der Waals surface area contributed by atoms with Gasteiger partial charge in [-0.2, -0.15) is 0 Å². The van der Waals surface area contributed by atoms with Gasteiger partial charge >= 0.3 is 0 Å². The standard InChI is InChI=1S/C18H16N2/c1-13(20-9-8-19-12-20)14-6-7-18-16(10-14)11-15-4-2-3-5-17(15)18/h2-10,12-13H,11H2,1H3. The molecule has 0 spiro atoms. The summed E-state index contributed by atoms with van der Waals surface area (Å²) >= 11 is 0. The molecule has 98 valence electrons. The van der Waals surface area contributed by atoms with E-state index in [1.165, 1.54) is 27.8 Å². The molecule has 2 aromatic carbocycles. The average molecular weight is 260 g/mol. The molecule has 1 aliphatic carbocycles. The molecule has 1 atom stereocenters. The molecule has 0 radical (unpaired) electrons. The van der Waals surface area contributed by atoms with E-state index in [1.54, 1.807) is 0 Å². The quantitative estimate of drug-likeness (QED) is 0.531. The molecule has 3 aromatic rings. The molecule has 0 aliphatic heterocycles. The van der Waals surface area contributed by atoms with Crippen molar-refractivity contribution in [2.45, 2.75) is 19.4 Å². The van der Waals surface area contributed by atoms with Crippen molar-refractivity contribution in [3.8, 4) is 11.1 Å². The van der Waals surface area contributed by atoms with Crippen LogP contribution in [-0.2, 0) is 6.42 Å². The van der Waals surface area contributed by atoms with Gasteiger partial charge in [-0.1, -0.05) is 42.5 Å². The summed E-state index contributed by atoms with van der Waals surface area (Å²) in [5.41, 5.74) is 7.01. The van der Waals surface area contributed by atoms with E-state index in [1.807, 2.05) is 18.7 Å². The maximum absolute atomic E-state index is 4.14. The number of fused-ring (bicyclic) bond motifs is 3. The molecule has 0 bridgehead atoms. The maximum Gasteiger partial charge on any atom is 0.0951 e. The Morgan fingerprint density at radius 2 is 1.90 bits per heavy atom. The van der Waals surface area contributed by atoms with Gasteiger partial charge in [-0.15, -0.1) is 0 Å². The zero-order valence-electron chi connectivity index (χ0n) is 11.5. The van der Waals surface area contributed by atoms with Crippen molar-refractivity contribution in [3.05, 3.63) is 77.9 Å². The predicted molar refractivity (Wildman–Crippen MR) is 80.7 cm³/mol. The van der Waals surface area contributed by atoms with E-state index in [9.17, 15) is 0 Å². The van der Waals surface area contributed by atoms with Crippen LogP contribution in [0.1, 0.15) is 29.7 Å². The van der Waals surface area contributed by atoms with Crippen molar-refractivity contribution in [2.24, 2.45) is 0 Å². The van der Waals surface area contributed by atoms with Crippen LogP contribution in [0.3, 0.4) is 0 Å². The van der Waals surface area contributed by atoms with Crippen LogP contribution >= 0.6 is 0 Å². The van der Waals surface area contributed by atoms with E-state index >= 15 is 0 Å². The first kappa shape index (κ1) is 11.5. The van der Waals surface area contributed by atoms with Gasteiger partial charge in [0.15, 0.2) is 0 Å². The second-order valence-electron chi connectivity index (χ2n) is 5.44. The monoisotopic (exact) mass is 260 g/mol. The largest absolute Gasteiger partial charge is 0.330 e. The summed E-state index contributed by atoms with van der Waals surface area (Å²) in [6.07, 6.45) is 6.79. The number of hydrogen-bond donors (Lipinski definition) is 0. The van der Waals surface area contributed by atoms with E-state index in [0.717, 1.165) is 6.42 Å². The molecular formula is C18H16N2. The Bertz CT molecular complexity index is 757. The number of imidazole rings is 1. The van der Waals surface area contributed by atoms with Gasteiger partial charge in [0.2, 0.25) is 0 Å². The predicted octanol–water partition coefficient (Wildman–Crippen LogP) is 4.06. The Labute approximate surface area is 118 Å². The molecular weight excluding hydrogens is 244 g/mol. The van der Waals surface area contributed by atoms with Crippen molar-refractivity contribution in [1.82, 2.24) is 9.55 Å². The lowest BCUT2D eigenvalue weighted by Crippen LogP contribution is -2.04. The van der Waals surface area contributed by atoms with Crippen molar-refractivity contribution in [1.29, 1.82) is 0 Å². The minimum Gasteiger partial charge on any atom is -0.330 e. The Morgan fingerprint density at radius 1 is 1.05 bits per heavy atom. The SMILES string of the molecule is CC(c1ccc2c(c1)Cc1ccccc1-2)n1ccnc1. The van der Waals surface area contributed by atoms with Crippen LogP contribution in [0.2, 0.25) is 0 Å². The van der Waals surface area contributed by atoms with E-state index in [0.29, 0.717) is 6.04 Å². The van der Waals surface area contributed by atoms with Crippen LogP contribution in [0.25, 0.3) is 11.1 Å². The van der Waals surface area contributed by atoms with Gasteiger partial charge in [-0.3, -0.25) is 0 Å². The average Bonchev–Trinajstić information content (AvgIpc) is 3.13. The Balaban J connectivity index is 1.75. The molecule has 1 heterocycles. The topological polar surface area (TPSA) is 17.8 Å². The summed E-state index contributed by atoms with van der Waals surface area (Å²) < 4.78 is 2.14.